The summed E-state index contributed by atoms with van der Waals surface area (Å²) in [5.41, 5.74) is 0.182. The molecule has 11 heteroatoms. The summed E-state index contributed by atoms with van der Waals surface area (Å²) in [7, 11) is -3.81. The highest BCUT2D eigenvalue weighted by Gasteiger charge is 2.40. The number of aromatic nitrogens is 1. The minimum absolute atomic E-state index is 0.106. The van der Waals surface area contributed by atoms with Gasteiger partial charge in [0.25, 0.3) is 10.0 Å². The van der Waals surface area contributed by atoms with Crippen molar-refractivity contribution in [1.29, 1.82) is 0 Å². The van der Waals surface area contributed by atoms with E-state index in [1.165, 1.54) is 22.5 Å². The van der Waals surface area contributed by atoms with Gasteiger partial charge in [-0.15, -0.1) is 11.3 Å². The Balaban J connectivity index is 1.58. The van der Waals surface area contributed by atoms with Gasteiger partial charge < -0.3 is 5.32 Å². The monoisotopic (exact) mass is 445 g/mol. The number of hydrogen-bond acceptors (Lipinski definition) is 6. The zero-order valence-electron chi connectivity index (χ0n) is 13.7. The number of thiazole rings is 1. The van der Waals surface area contributed by atoms with Crippen molar-refractivity contribution in [2.45, 2.75) is 23.1 Å². The zero-order chi connectivity index (χ0) is 19.2. The van der Waals surface area contributed by atoms with E-state index in [9.17, 15) is 17.6 Å². The predicted octanol–water partition coefficient (Wildman–Crippen LogP) is 3.94. The van der Waals surface area contributed by atoms with Crippen LogP contribution < -0.4 is 5.32 Å². The molecule has 3 heterocycles. The number of carbonyl (C=O) groups is 1. The maximum atomic E-state index is 13.8. The Labute approximate surface area is 167 Å². The first kappa shape index (κ1) is 18.8. The molecule has 1 fully saturated rings. The second kappa shape index (κ2) is 7.10. The summed E-state index contributed by atoms with van der Waals surface area (Å²) in [5.74, 6) is -0.943. The molecule has 2 aromatic heterocycles. The van der Waals surface area contributed by atoms with E-state index in [1.807, 2.05) is 0 Å². The molecule has 6 nitrogen and oxygen atoms in total. The minimum Gasteiger partial charge on any atom is -0.301 e. The van der Waals surface area contributed by atoms with Crippen molar-refractivity contribution in [3.05, 3.63) is 40.5 Å². The first-order chi connectivity index (χ1) is 12.9. The fourth-order valence-corrected chi connectivity index (χ4v) is 7.15. The maximum absolute atomic E-state index is 13.8. The first-order valence-electron chi connectivity index (χ1n) is 7.99. The first-order valence-corrected chi connectivity index (χ1v) is 11.4. The molecule has 1 saturated heterocycles. The predicted molar refractivity (Wildman–Crippen MR) is 104 cm³/mol. The van der Waals surface area contributed by atoms with Gasteiger partial charge in [-0.25, -0.2) is 17.8 Å². The Bertz CT molecular complexity index is 1130. The number of carbonyl (C=O) groups excluding carboxylic acids is 1. The molecule has 4 rings (SSSR count). The number of para-hydroxylation sites is 1. The number of anilines is 1. The molecule has 1 amide bonds. The van der Waals surface area contributed by atoms with Gasteiger partial charge in [0.15, 0.2) is 5.13 Å². The van der Waals surface area contributed by atoms with Gasteiger partial charge in [0.2, 0.25) is 5.91 Å². The van der Waals surface area contributed by atoms with Crippen LogP contribution in [0.15, 0.2) is 34.5 Å². The van der Waals surface area contributed by atoms with Gasteiger partial charge in [-0.2, -0.15) is 4.31 Å². The number of nitrogens with one attached hydrogen (secondary N) is 1. The molecule has 0 spiro atoms. The molecular formula is C16H13ClFN3O3S3. The molecule has 0 saturated carbocycles. The number of halogens is 2. The van der Waals surface area contributed by atoms with Crippen molar-refractivity contribution in [1.82, 2.24) is 9.29 Å². The van der Waals surface area contributed by atoms with E-state index in [4.69, 9.17) is 11.6 Å². The van der Waals surface area contributed by atoms with Crippen LogP contribution in [0.4, 0.5) is 9.52 Å². The molecule has 0 aliphatic carbocycles. The number of hydrogen-bond donors (Lipinski definition) is 1. The number of nitrogens with zero attached hydrogens (tertiary/aromatic N) is 2. The number of rotatable bonds is 4. The van der Waals surface area contributed by atoms with Gasteiger partial charge in [0.1, 0.15) is 21.6 Å². The van der Waals surface area contributed by atoms with Gasteiger partial charge in [0.05, 0.1) is 9.04 Å². The van der Waals surface area contributed by atoms with Crippen LogP contribution in [-0.4, -0.2) is 36.2 Å². The van der Waals surface area contributed by atoms with Crippen LogP contribution in [0.2, 0.25) is 4.34 Å². The van der Waals surface area contributed by atoms with Crippen LogP contribution in [0.1, 0.15) is 12.8 Å². The van der Waals surface area contributed by atoms with Crippen LogP contribution in [0.3, 0.4) is 0 Å². The second-order valence-corrected chi connectivity index (χ2v) is 10.8. The molecule has 1 unspecified atom stereocenters. The van der Waals surface area contributed by atoms with Crippen LogP contribution >= 0.6 is 34.3 Å². The summed E-state index contributed by atoms with van der Waals surface area (Å²) in [5, 5.41) is 2.87. The lowest BCUT2D eigenvalue weighted by Gasteiger charge is -2.22. The number of benzene rings is 1. The molecular weight excluding hydrogens is 433 g/mol. The quantitative estimate of drug-likeness (QED) is 0.659. The molecule has 27 heavy (non-hydrogen) atoms. The topological polar surface area (TPSA) is 79.4 Å². The fourth-order valence-electron chi connectivity index (χ4n) is 3.00. The van der Waals surface area contributed by atoms with Crippen molar-refractivity contribution in [3.63, 3.8) is 0 Å². The molecule has 1 atom stereocenters. The maximum Gasteiger partial charge on any atom is 0.253 e. The molecule has 3 aromatic rings. The largest absolute Gasteiger partial charge is 0.301 e. The molecule has 1 aromatic carbocycles. The van der Waals surface area contributed by atoms with Crippen molar-refractivity contribution < 1.29 is 17.6 Å². The average Bonchev–Trinajstić information content (AvgIpc) is 3.33. The summed E-state index contributed by atoms with van der Waals surface area (Å²) in [6.07, 6.45) is 0.980. The molecule has 0 bridgehead atoms. The Hall–Kier alpha value is -1.59. The van der Waals surface area contributed by atoms with E-state index in [1.54, 1.807) is 12.1 Å². The van der Waals surface area contributed by atoms with Gasteiger partial charge in [-0.1, -0.05) is 29.0 Å². The van der Waals surface area contributed by atoms with Crippen molar-refractivity contribution in [3.8, 4) is 0 Å². The number of sulfonamides is 1. The third-order valence-electron chi connectivity index (χ3n) is 4.22. The highest BCUT2D eigenvalue weighted by Crippen LogP contribution is 2.33. The SMILES string of the molecule is O=C(Nc1nc2c(F)cccc2s1)C1CCCN1S(=O)(=O)c1ccc(Cl)s1. The molecule has 142 valence electrons. The summed E-state index contributed by atoms with van der Waals surface area (Å²) in [4.78, 5) is 16.8. The van der Waals surface area contributed by atoms with Crippen LogP contribution in [0, 0.1) is 5.82 Å². The zero-order valence-corrected chi connectivity index (χ0v) is 16.9. The van der Waals surface area contributed by atoms with E-state index >= 15 is 0 Å². The highest BCUT2D eigenvalue weighted by atomic mass is 35.5. The Morgan fingerprint density at radius 2 is 2.11 bits per heavy atom. The summed E-state index contributed by atoms with van der Waals surface area (Å²) >= 11 is 7.95. The molecule has 1 aliphatic heterocycles. The normalized spacial score (nSPS) is 18.2. The summed E-state index contributed by atoms with van der Waals surface area (Å²) < 4.78 is 41.7. The third kappa shape index (κ3) is 3.47. The van der Waals surface area contributed by atoms with Crippen LogP contribution in [0.25, 0.3) is 10.2 Å². The van der Waals surface area contributed by atoms with E-state index in [2.05, 4.69) is 10.3 Å². The van der Waals surface area contributed by atoms with E-state index in [0.717, 1.165) is 22.7 Å². The van der Waals surface area contributed by atoms with E-state index in [0.29, 0.717) is 21.9 Å². The highest BCUT2D eigenvalue weighted by molar-refractivity contribution is 7.91. The number of amides is 1. The molecule has 0 radical (unpaired) electrons. The van der Waals surface area contributed by atoms with E-state index in [-0.39, 0.29) is 21.4 Å². The van der Waals surface area contributed by atoms with Crippen LogP contribution in [0.5, 0.6) is 0 Å². The smallest absolute Gasteiger partial charge is 0.253 e. The summed E-state index contributed by atoms with van der Waals surface area (Å²) in [6.45, 7) is 0.254. The van der Waals surface area contributed by atoms with Crippen molar-refractivity contribution in [2.24, 2.45) is 0 Å². The standard InChI is InChI=1S/C16H13ClFN3O3S3/c17-12-6-7-13(26-12)27(23,24)21-8-2-4-10(21)15(22)20-16-19-14-9(18)3-1-5-11(14)25-16/h1,3,5-7,10H,2,4,8H2,(H,19,20,22). The molecule has 1 N–H and O–H groups in total. The van der Waals surface area contributed by atoms with Gasteiger partial charge in [-0.05, 0) is 37.1 Å². The van der Waals surface area contributed by atoms with E-state index < -0.39 is 27.8 Å². The average molecular weight is 446 g/mol. The fraction of sp³-hybridized carbons (Fsp3) is 0.250. The lowest BCUT2D eigenvalue weighted by Crippen LogP contribution is -2.42. The Kier molecular flexibility index (Phi) is 4.93. The van der Waals surface area contributed by atoms with Crippen molar-refractivity contribution in [2.75, 3.05) is 11.9 Å². The molecule has 1 aliphatic rings. The van der Waals surface area contributed by atoms with Crippen LogP contribution in [-0.2, 0) is 14.8 Å². The minimum atomic E-state index is -3.81. The number of fused-ring (bicyclic) bond motifs is 1. The van der Waals surface area contributed by atoms with Gasteiger partial charge in [-0.3, -0.25) is 4.79 Å². The van der Waals surface area contributed by atoms with Gasteiger partial charge in [0, 0.05) is 6.54 Å². The lowest BCUT2D eigenvalue weighted by molar-refractivity contribution is -0.119. The third-order valence-corrected chi connectivity index (χ3v) is 8.76. The lowest BCUT2D eigenvalue weighted by atomic mass is 10.2. The second-order valence-electron chi connectivity index (χ2n) is 5.93. The Morgan fingerprint density at radius 3 is 2.81 bits per heavy atom. The van der Waals surface area contributed by atoms with Gasteiger partial charge >= 0.3 is 0 Å². The Morgan fingerprint density at radius 1 is 1.30 bits per heavy atom. The summed E-state index contributed by atoms with van der Waals surface area (Å²) in [6, 6.07) is 6.68. The van der Waals surface area contributed by atoms with Crippen molar-refractivity contribution >= 4 is 65.6 Å². The number of thiophene rings is 1.